The van der Waals surface area contributed by atoms with Crippen LogP contribution in [0, 0.1) is 11.2 Å². The van der Waals surface area contributed by atoms with Crippen molar-refractivity contribution in [1.29, 1.82) is 0 Å². The molecular formula is C13H17FO. The van der Waals surface area contributed by atoms with Crippen molar-refractivity contribution in [3.63, 3.8) is 0 Å². The van der Waals surface area contributed by atoms with Crippen LogP contribution in [-0.2, 0) is 6.42 Å². The molecule has 0 saturated heterocycles. The van der Waals surface area contributed by atoms with Crippen molar-refractivity contribution < 1.29 is 9.50 Å². The van der Waals surface area contributed by atoms with Crippen LogP contribution in [-0.4, -0.2) is 5.11 Å². The van der Waals surface area contributed by atoms with Gasteiger partial charge in [-0.15, -0.1) is 0 Å². The fourth-order valence-corrected chi connectivity index (χ4v) is 2.57. The summed E-state index contributed by atoms with van der Waals surface area (Å²) in [6.07, 6.45) is 1.86. The number of hydrogen-bond acceptors (Lipinski definition) is 1. The molecule has 0 bridgehead atoms. The minimum absolute atomic E-state index is 0.0424. The van der Waals surface area contributed by atoms with Crippen molar-refractivity contribution in [2.24, 2.45) is 5.41 Å². The normalized spacial score (nSPS) is 20.4. The molecule has 1 aliphatic carbocycles. The first-order valence-electron chi connectivity index (χ1n) is 5.41. The van der Waals surface area contributed by atoms with E-state index in [1.165, 1.54) is 6.07 Å². The minimum Gasteiger partial charge on any atom is -0.508 e. The molecular weight excluding hydrogens is 191 g/mol. The van der Waals surface area contributed by atoms with E-state index in [-0.39, 0.29) is 22.9 Å². The van der Waals surface area contributed by atoms with Crippen LogP contribution in [0.15, 0.2) is 12.1 Å². The number of fused-ring (bicyclic) bond motifs is 1. The molecule has 82 valence electrons. The predicted octanol–water partition coefficient (Wildman–Crippen LogP) is 3.61. The fraction of sp³-hybridized carbons (Fsp3) is 0.538. The lowest BCUT2D eigenvalue weighted by atomic mass is 9.77. The number of rotatable bonds is 0. The van der Waals surface area contributed by atoms with E-state index in [1.54, 1.807) is 6.07 Å². The van der Waals surface area contributed by atoms with Crippen molar-refractivity contribution in [3.8, 4) is 5.75 Å². The van der Waals surface area contributed by atoms with Crippen LogP contribution in [0.3, 0.4) is 0 Å². The monoisotopic (exact) mass is 208 g/mol. The molecule has 15 heavy (non-hydrogen) atoms. The molecule has 0 aliphatic heterocycles. The number of aryl methyl sites for hydroxylation is 1. The second-order valence-electron chi connectivity index (χ2n) is 5.46. The lowest BCUT2D eigenvalue weighted by Gasteiger charge is -2.28. The number of halogens is 1. The average molecular weight is 208 g/mol. The number of benzene rings is 1. The Morgan fingerprint density at radius 2 is 2.00 bits per heavy atom. The van der Waals surface area contributed by atoms with E-state index in [0.29, 0.717) is 0 Å². The zero-order valence-corrected chi connectivity index (χ0v) is 9.47. The van der Waals surface area contributed by atoms with Gasteiger partial charge in [0.15, 0.2) is 0 Å². The Morgan fingerprint density at radius 3 is 2.60 bits per heavy atom. The Labute approximate surface area is 89.9 Å². The molecule has 1 unspecified atom stereocenters. The molecule has 0 heterocycles. The van der Waals surface area contributed by atoms with Gasteiger partial charge < -0.3 is 5.11 Å². The highest BCUT2D eigenvalue weighted by Crippen LogP contribution is 2.46. The van der Waals surface area contributed by atoms with Gasteiger partial charge >= 0.3 is 0 Å². The van der Waals surface area contributed by atoms with Crippen molar-refractivity contribution >= 4 is 0 Å². The summed E-state index contributed by atoms with van der Waals surface area (Å²) in [4.78, 5) is 0. The van der Waals surface area contributed by atoms with Crippen molar-refractivity contribution in [2.45, 2.75) is 39.5 Å². The van der Waals surface area contributed by atoms with Gasteiger partial charge in [0.05, 0.1) is 0 Å². The number of phenolic OH excluding ortho intramolecular Hbond substituents is 1. The second kappa shape index (κ2) is 3.22. The Kier molecular flexibility index (Phi) is 2.25. The Morgan fingerprint density at radius 1 is 1.33 bits per heavy atom. The lowest BCUT2D eigenvalue weighted by molar-refractivity contribution is 0.312. The van der Waals surface area contributed by atoms with Gasteiger partial charge in [-0.1, -0.05) is 20.8 Å². The van der Waals surface area contributed by atoms with Crippen LogP contribution in [0.5, 0.6) is 5.75 Å². The molecule has 0 fully saturated rings. The van der Waals surface area contributed by atoms with Crippen LogP contribution in [0.4, 0.5) is 4.39 Å². The third-order valence-corrected chi connectivity index (χ3v) is 3.30. The summed E-state index contributed by atoms with van der Waals surface area (Å²) in [6, 6.07) is 2.92. The van der Waals surface area contributed by atoms with Crippen LogP contribution in [0.25, 0.3) is 0 Å². The van der Waals surface area contributed by atoms with E-state index in [9.17, 15) is 9.50 Å². The highest BCUT2D eigenvalue weighted by Gasteiger charge is 2.34. The van der Waals surface area contributed by atoms with E-state index < -0.39 is 0 Å². The molecule has 2 rings (SSSR count). The van der Waals surface area contributed by atoms with Crippen LogP contribution >= 0.6 is 0 Å². The fourth-order valence-electron chi connectivity index (χ4n) is 2.57. The third-order valence-electron chi connectivity index (χ3n) is 3.30. The largest absolute Gasteiger partial charge is 0.508 e. The molecule has 1 aromatic rings. The molecule has 0 spiro atoms. The predicted molar refractivity (Wildman–Crippen MR) is 58.6 cm³/mol. The maximum absolute atomic E-state index is 13.8. The molecule has 0 amide bonds. The summed E-state index contributed by atoms with van der Waals surface area (Å²) in [5, 5.41) is 9.33. The first-order valence-corrected chi connectivity index (χ1v) is 5.41. The molecule has 1 N–H and O–H groups in total. The summed E-state index contributed by atoms with van der Waals surface area (Å²) >= 11 is 0. The molecule has 0 saturated carbocycles. The second-order valence-corrected chi connectivity index (χ2v) is 5.46. The molecule has 0 radical (unpaired) electrons. The van der Waals surface area contributed by atoms with Gasteiger partial charge in [-0.05, 0) is 41.4 Å². The van der Waals surface area contributed by atoms with Crippen molar-refractivity contribution in [3.05, 3.63) is 29.1 Å². The first kappa shape index (κ1) is 10.5. The van der Waals surface area contributed by atoms with Crippen molar-refractivity contribution in [2.75, 3.05) is 0 Å². The standard InChI is InChI=1S/C13H17FO/c1-13(2,3)10-5-4-8-6-9(15)7-11(14)12(8)10/h6-7,10,15H,4-5H2,1-3H3. The van der Waals surface area contributed by atoms with Crippen LogP contribution < -0.4 is 0 Å². The van der Waals surface area contributed by atoms with Crippen LogP contribution in [0.2, 0.25) is 0 Å². The summed E-state index contributed by atoms with van der Waals surface area (Å²) < 4.78 is 13.8. The summed E-state index contributed by atoms with van der Waals surface area (Å²) in [5.74, 6) is 0.0661. The van der Waals surface area contributed by atoms with Gasteiger partial charge in [-0.3, -0.25) is 0 Å². The van der Waals surface area contributed by atoms with E-state index in [1.807, 2.05) is 0 Å². The Bertz CT molecular complexity index is 390. The maximum atomic E-state index is 13.8. The smallest absolute Gasteiger partial charge is 0.130 e. The summed E-state index contributed by atoms with van der Waals surface area (Å²) in [5.41, 5.74) is 1.89. The summed E-state index contributed by atoms with van der Waals surface area (Å²) in [6.45, 7) is 6.41. The zero-order valence-electron chi connectivity index (χ0n) is 9.47. The third kappa shape index (κ3) is 1.73. The topological polar surface area (TPSA) is 20.2 Å². The minimum atomic E-state index is -0.248. The molecule has 2 heteroatoms. The Hall–Kier alpha value is -1.05. The van der Waals surface area contributed by atoms with Gasteiger partial charge in [-0.2, -0.15) is 0 Å². The molecule has 1 aromatic carbocycles. The SMILES string of the molecule is CC(C)(C)C1CCc2cc(O)cc(F)c21. The Balaban J connectivity index is 2.51. The van der Waals surface area contributed by atoms with Gasteiger partial charge in [0, 0.05) is 6.07 Å². The summed E-state index contributed by atoms with van der Waals surface area (Å²) in [7, 11) is 0. The number of hydrogen-bond donors (Lipinski definition) is 1. The number of phenols is 1. The average Bonchev–Trinajstić information content (AvgIpc) is 2.45. The lowest BCUT2D eigenvalue weighted by Crippen LogP contribution is -2.16. The quantitative estimate of drug-likeness (QED) is 0.690. The molecule has 0 aromatic heterocycles. The van der Waals surface area contributed by atoms with Gasteiger partial charge in [0.25, 0.3) is 0 Å². The van der Waals surface area contributed by atoms with Crippen molar-refractivity contribution in [1.82, 2.24) is 0 Å². The maximum Gasteiger partial charge on any atom is 0.130 e. The molecule has 1 atom stereocenters. The van der Waals surface area contributed by atoms with E-state index in [4.69, 9.17) is 0 Å². The van der Waals surface area contributed by atoms with E-state index in [0.717, 1.165) is 24.0 Å². The van der Waals surface area contributed by atoms with E-state index in [2.05, 4.69) is 20.8 Å². The van der Waals surface area contributed by atoms with Gasteiger partial charge in [0.1, 0.15) is 11.6 Å². The first-order chi connectivity index (χ1) is 6.89. The highest BCUT2D eigenvalue weighted by atomic mass is 19.1. The van der Waals surface area contributed by atoms with Crippen LogP contribution in [0.1, 0.15) is 44.2 Å². The van der Waals surface area contributed by atoms with Gasteiger partial charge in [0.2, 0.25) is 0 Å². The molecule has 1 aliphatic rings. The molecule has 1 nitrogen and oxygen atoms in total. The van der Waals surface area contributed by atoms with Gasteiger partial charge in [-0.25, -0.2) is 4.39 Å². The van der Waals surface area contributed by atoms with E-state index >= 15 is 0 Å². The number of aromatic hydroxyl groups is 1. The zero-order chi connectivity index (χ0) is 11.2. The highest BCUT2D eigenvalue weighted by molar-refractivity contribution is 5.42.